The van der Waals surface area contributed by atoms with Gasteiger partial charge in [0.15, 0.2) is 0 Å². The molecule has 0 bridgehead atoms. The van der Waals surface area contributed by atoms with E-state index in [1.165, 1.54) is 31.4 Å². The number of halogens is 1. The van der Waals surface area contributed by atoms with Crippen molar-refractivity contribution >= 4 is 33.3 Å². The first kappa shape index (κ1) is 16.4. The van der Waals surface area contributed by atoms with Gasteiger partial charge >= 0.3 is 0 Å². The Hall–Kier alpha value is -1.96. The minimum atomic E-state index is -3.70. The molecule has 0 aliphatic heterocycles. The van der Waals surface area contributed by atoms with Crippen molar-refractivity contribution in [1.29, 1.82) is 0 Å². The number of hydrogen-bond acceptors (Lipinski definition) is 4. The third-order valence-corrected chi connectivity index (χ3v) is 4.85. The first-order valence-corrected chi connectivity index (χ1v) is 8.14. The van der Waals surface area contributed by atoms with Gasteiger partial charge in [-0.1, -0.05) is 29.8 Å². The number of likely N-dealkylation sites (N-methyl/N-ethyl adjacent to an activating group) is 1. The number of hydrogen-bond donors (Lipinski definition) is 1. The third-order valence-electron chi connectivity index (χ3n) is 2.81. The Labute approximate surface area is 133 Å². The molecule has 0 aliphatic rings. The van der Waals surface area contributed by atoms with Gasteiger partial charge in [-0.25, -0.2) is 13.4 Å². The predicted molar refractivity (Wildman–Crippen MR) is 84.1 cm³/mol. The quantitative estimate of drug-likeness (QED) is 0.903. The summed E-state index contributed by atoms with van der Waals surface area (Å²) in [6.45, 7) is -0.318. The van der Waals surface area contributed by atoms with E-state index in [0.717, 1.165) is 4.31 Å². The zero-order chi connectivity index (χ0) is 16.2. The largest absolute Gasteiger partial charge is 0.310 e. The maximum atomic E-state index is 12.3. The van der Waals surface area contributed by atoms with Gasteiger partial charge in [-0.15, -0.1) is 0 Å². The van der Waals surface area contributed by atoms with Crippen molar-refractivity contribution in [3.05, 3.63) is 53.7 Å². The van der Waals surface area contributed by atoms with Gasteiger partial charge in [0.25, 0.3) is 0 Å². The second kappa shape index (κ2) is 6.87. The van der Waals surface area contributed by atoms with Crippen LogP contribution in [0.2, 0.25) is 5.02 Å². The van der Waals surface area contributed by atoms with Gasteiger partial charge in [-0.2, -0.15) is 4.31 Å². The molecule has 0 radical (unpaired) electrons. The van der Waals surface area contributed by atoms with E-state index in [1.807, 2.05) is 0 Å². The lowest BCUT2D eigenvalue weighted by molar-refractivity contribution is -0.116. The number of carbonyl (C=O) groups is 1. The lowest BCUT2D eigenvalue weighted by Gasteiger charge is -2.16. The Bertz CT molecular complexity index is 749. The van der Waals surface area contributed by atoms with Crippen LogP contribution < -0.4 is 5.32 Å². The fourth-order valence-electron chi connectivity index (χ4n) is 1.69. The van der Waals surface area contributed by atoms with Gasteiger partial charge in [-0.3, -0.25) is 4.79 Å². The van der Waals surface area contributed by atoms with Crippen LogP contribution in [0.5, 0.6) is 0 Å². The number of aromatic nitrogens is 1. The van der Waals surface area contributed by atoms with E-state index in [1.54, 1.807) is 24.3 Å². The van der Waals surface area contributed by atoms with Crippen LogP contribution in [0, 0.1) is 0 Å². The van der Waals surface area contributed by atoms with Gasteiger partial charge in [0, 0.05) is 13.2 Å². The van der Waals surface area contributed by atoms with Crippen LogP contribution in [0.15, 0.2) is 53.6 Å². The summed E-state index contributed by atoms with van der Waals surface area (Å²) < 4.78 is 25.5. The Morgan fingerprint density at radius 3 is 2.50 bits per heavy atom. The number of nitrogens with one attached hydrogen (secondary N) is 1. The molecule has 6 nitrogen and oxygen atoms in total. The summed E-state index contributed by atoms with van der Waals surface area (Å²) in [6.07, 6.45) is 1.39. The summed E-state index contributed by atoms with van der Waals surface area (Å²) in [5.41, 5.74) is 0. The maximum absolute atomic E-state index is 12.3. The number of pyridine rings is 1. The van der Waals surface area contributed by atoms with E-state index >= 15 is 0 Å². The van der Waals surface area contributed by atoms with Crippen molar-refractivity contribution in [3.8, 4) is 0 Å². The molecule has 0 saturated carbocycles. The van der Waals surface area contributed by atoms with Gasteiger partial charge in [0.05, 0.1) is 16.5 Å². The van der Waals surface area contributed by atoms with Crippen LogP contribution in [-0.2, 0) is 14.8 Å². The van der Waals surface area contributed by atoms with Crippen molar-refractivity contribution in [2.75, 3.05) is 18.9 Å². The Morgan fingerprint density at radius 2 is 1.91 bits per heavy atom. The maximum Gasteiger partial charge on any atom is 0.243 e. The number of benzene rings is 1. The number of amides is 1. The molecule has 2 aromatic rings. The summed E-state index contributed by atoms with van der Waals surface area (Å²) >= 11 is 5.70. The highest BCUT2D eigenvalue weighted by atomic mass is 35.5. The number of sulfonamides is 1. The van der Waals surface area contributed by atoms with Crippen molar-refractivity contribution in [2.24, 2.45) is 0 Å². The van der Waals surface area contributed by atoms with Gasteiger partial charge < -0.3 is 5.32 Å². The van der Waals surface area contributed by atoms with Crippen molar-refractivity contribution in [2.45, 2.75) is 4.90 Å². The van der Waals surface area contributed by atoms with Crippen LogP contribution in [0.4, 0.5) is 5.82 Å². The normalized spacial score (nSPS) is 11.4. The summed E-state index contributed by atoms with van der Waals surface area (Å²) in [7, 11) is -2.36. The van der Waals surface area contributed by atoms with Crippen molar-refractivity contribution in [3.63, 3.8) is 0 Å². The van der Waals surface area contributed by atoms with Crippen LogP contribution >= 0.6 is 11.6 Å². The smallest absolute Gasteiger partial charge is 0.243 e. The number of carbonyl (C=O) groups excluding carboxylic acids is 1. The Balaban J connectivity index is 2.03. The average Bonchev–Trinajstić information content (AvgIpc) is 2.50. The zero-order valence-electron chi connectivity index (χ0n) is 11.7. The highest BCUT2D eigenvalue weighted by Crippen LogP contribution is 2.14. The molecule has 1 amide bonds. The monoisotopic (exact) mass is 339 g/mol. The molecule has 116 valence electrons. The summed E-state index contributed by atoms with van der Waals surface area (Å²) in [5, 5.41) is 2.95. The molecule has 22 heavy (non-hydrogen) atoms. The highest BCUT2D eigenvalue weighted by molar-refractivity contribution is 7.89. The van der Waals surface area contributed by atoms with Crippen molar-refractivity contribution in [1.82, 2.24) is 9.29 Å². The SMILES string of the molecule is CN(CC(=O)Nc1ccc(Cl)cn1)S(=O)(=O)c1ccccc1. The minimum Gasteiger partial charge on any atom is -0.310 e. The van der Waals surface area contributed by atoms with Gasteiger partial charge in [0.2, 0.25) is 15.9 Å². The molecule has 1 heterocycles. The van der Waals surface area contributed by atoms with E-state index < -0.39 is 15.9 Å². The number of rotatable bonds is 5. The van der Waals surface area contributed by atoms with Crippen LogP contribution in [0.3, 0.4) is 0 Å². The predicted octanol–water partition coefficient (Wildman–Crippen LogP) is 1.99. The first-order chi connectivity index (χ1) is 10.4. The lowest BCUT2D eigenvalue weighted by atomic mass is 10.4. The number of nitrogens with zero attached hydrogens (tertiary/aromatic N) is 2. The molecule has 8 heteroatoms. The summed E-state index contributed by atoms with van der Waals surface area (Å²) in [6, 6.07) is 11.0. The molecule has 1 aromatic carbocycles. The zero-order valence-corrected chi connectivity index (χ0v) is 13.3. The molecule has 1 N–H and O–H groups in total. The van der Waals surface area contributed by atoms with E-state index in [2.05, 4.69) is 10.3 Å². The molecule has 2 rings (SSSR count). The Kier molecular flexibility index (Phi) is 5.12. The summed E-state index contributed by atoms with van der Waals surface area (Å²) in [4.78, 5) is 15.9. The Morgan fingerprint density at radius 1 is 1.23 bits per heavy atom. The van der Waals surface area contributed by atoms with E-state index in [0.29, 0.717) is 10.8 Å². The molecule has 1 aromatic heterocycles. The molecule has 0 saturated heterocycles. The highest BCUT2D eigenvalue weighted by Gasteiger charge is 2.22. The van der Waals surface area contributed by atoms with Crippen LogP contribution in [0.25, 0.3) is 0 Å². The van der Waals surface area contributed by atoms with Crippen molar-refractivity contribution < 1.29 is 13.2 Å². The first-order valence-electron chi connectivity index (χ1n) is 6.32. The average molecular weight is 340 g/mol. The standard InChI is InChI=1S/C14H14ClN3O3S/c1-18(22(20,21)12-5-3-2-4-6-12)10-14(19)17-13-8-7-11(15)9-16-13/h2-9H,10H2,1H3,(H,16,17,19). The third kappa shape index (κ3) is 4.03. The van der Waals surface area contributed by atoms with E-state index in [-0.39, 0.29) is 11.4 Å². The summed E-state index contributed by atoms with van der Waals surface area (Å²) in [5.74, 6) is -0.184. The van der Waals surface area contributed by atoms with Gasteiger partial charge in [0.1, 0.15) is 5.82 Å². The molecule has 0 aliphatic carbocycles. The molecule has 0 fully saturated rings. The lowest BCUT2D eigenvalue weighted by Crippen LogP contribution is -2.35. The second-order valence-electron chi connectivity index (χ2n) is 4.48. The molecule has 0 atom stereocenters. The fourth-order valence-corrected chi connectivity index (χ4v) is 2.95. The van der Waals surface area contributed by atoms with E-state index in [4.69, 9.17) is 11.6 Å². The molecule has 0 spiro atoms. The topological polar surface area (TPSA) is 79.4 Å². The van der Waals surface area contributed by atoms with Crippen LogP contribution in [-0.4, -0.2) is 37.2 Å². The molecular weight excluding hydrogens is 326 g/mol. The second-order valence-corrected chi connectivity index (χ2v) is 6.97. The van der Waals surface area contributed by atoms with Gasteiger partial charge in [-0.05, 0) is 24.3 Å². The molecular formula is C14H14ClN3O3S. The van der Waals surface area contributed by atoms with Crippen LogP contribution in [0.1, 0.15) is 0 Å². The fraction of sp³-hybridized carbons (Fsp3) is 0.143. The molecule has 0 unspecified atom stereocenters. The van der Waals surface area contributed by atoms with E-state index in [9.17, 15) is 13.2 Å². The minimum absolute atomic E-state index is 0.134. The number of anilines is 1.